The van der Waals surface area contributed by atoms with Gasteiger partial charge in [0.05, 0.1) is 5.54 Å². The van der Waals surface area contributed by atoms with Crippen molar-refractivity contribution in [3.8, 4) is 0 Å². The van der Waals surface area contributed by atoms with Crippen molar-refractivity contribution >= 4 is 11.8 Å². The highest BCUT2D eigenvalue weighted by Crippen LogP contribution is 2.17. The van der Waals surface area contributed by atoms with Crippen LogP contribution in [0, 0.1) is 0 Å². The molecule has 0 atom stereocenters. The van der Waals surface area contributed by atoms with Crippen LogP contribution in [0.4, 0.5) is 0 Å². The molecule has 0 radical (unpaired) electrons. The number of carbonyl (C=O) groups excluding carboxylic acids is 2. The first-order valence-electron chi connectivity index (χ1n) is 6.59. The van der Waals surface area contributed by atoms with Gasteiger partial charge in [-0.15, -0.1) is 0 Å². The van der Waals surface area contributed by atoms with Crippen LogP contribution in [0.1, 0.15) is 25.7 Å². The van der Waals surface area contributed by atoms with Gasteiger partial charge in [-0.3, -0.25) is 9.59 Å². The lowest BCUT2D eigenvalue weighted by Crippen LogP contribution is -2.61. The fourth-order valence-corrected chi connectivity index (χ4v) is 2.68. The highest BCUT2D eigenvalue weighted by Gasteiger charge is 2.35. The van der Waals surface area contributed by atoms with E-state index in [1.807, 2.05) is 0 Å². The summed E-state index contributed by atoms with van der Waals surface area (Å²) >= 11 is 0. The Kier molecular flexibility index (Phi) is 3.87. The van der Waals surface area contributed by atoms with Gasteiger partial charge in [0.2, 0.25) is 11.8 Å². The molecule has 0 unspecified atom stereocenters. The Morgan fingerprint density at radius 3 is 1.72 bits per heavy atom. The highest BCUT2D eigenvalue weighted by atomic mass is 16.2. The Balaban J connectivity index is 1.96. The Hall–Kier alpha value is -1.14. The summed E-state index contributed by atoms with van der Waals surface area (Å²) in [6, 6.07) is 0. The van der Waals surface area contributed by atoms with Gasteiger partial charge in [0.25, 0.3) is 0 Å². The molecule has 0 saturated carbocycles. The molecule has 0 aromatic carbocycles. The van der Waals surface area contributed by atoms with Crippen molar-refractivity contribution in [2.75, 3.05) is 32.7 Å². The van der Waals surface area contributed by atoms with E-state index in [9.17, 15) is 9.59 Å². The number of nitrogens with two attached hydrogens (primary N) is 2. The number of hydrogen-bond acceptors (Lipinski definition) is 4. The number of carbonyl (C=O) groups is 2. The molecule has 2 saturated heterocycles. The van der Waals surface area contributed by atoms with E-state index in [1.165, 1.54) is 0 Å². The molecule has 2 heterocycles. The van der Waals surface area contributed by atoms with Gasteiger partial charge in [-0.2, -0.15) is 0 Å². The van der Waals surface area contributed by atoms with Crippen LogP contribution in [0.3, 0.4) is 0 Å². The summed E-state index contributed by atoms with van der Waals surface area (Å²) in [5.41, 5.74) is 11.3. The number of hydrogen-bond donors (Lipinski definition) is 2. The standard InChI is InChI=1S/C12H22N4O2/c13-7-12(14,8-15-5-1-3-10(15)17)9-16-6-2-4-11(16)18/h1-9,13-14H2. The average molecular weight is 254 g/mol. The predicted molar refractivity (Wildman–Crippen MR) is 67.6 cm³/mol. The van der Waals surface area contributed by atoms with Crippen molar-refractivity contribution in [1.29, 1.82) is 0 Å². The quantitative estimate of drug-likeness (QED) is 0.650. The Labute approximate surface area is 107 Å². The van der Waals surface area contributed by atoms with Gasteiger partial charge in [-0.05, 0) is 12.8 Å². The van der Waals surface area contributed by atoms with Gasteiger partial charge < -0.3 is 21.3 Å². The zero-order valence-electron chi connectivity index (χ0n) is 10.7. The molecule has 2 aliphatic heterocycles. The normalized spacial score (nSPS) is 21.2. The lowest BCUT2D eigenvalue weighted by molar-refractivity contribution is -0.129. The van der Waals surface area contributed by atoms with Gasteiger partial charge in [-0.1, -0.05) is 0 Å². The van der Waals surface area contributed by atoms with Crippen molar-refractivity contribution in [3.63, 3.8) is 0 Å². The maximum atomic E-state index is 11.6. The number of likely N-dealkylation sites (tertiary alicyclic amines) is 2. The maximum absolute atomic E-state index is 11.6. The molecule has 102 valence electrons. The highest BCUT2D eigenvalue weighted by molar-refractivity contribution is 5.79. The van der Waals surface area contributed by atoms with Crippen molar-refractivity contribution in [1.82, 2.24) is 9.80 Å². The van der Waals surface area contributed by atoms with Crippen LogP contribution in [0.5, 0.6) is 0 Å². The second-order valence-corrected chi connectivity index (χ2v) is 5.40. The molecule has 2 aliphatic rings. The van der Waals surface area contributed by atoms with Gasteiger partial charge in [0, 0.05) is 45.6 Å². The topological polar surface area (TPSA) is 92.7 Å². The summed E-state index contributed by atoms with van der Waals surface area (Å²) < 4.78 is 0. The van der Waals surface area contributed by atoms with E-state index < -0.39 is 5.54 Å². The molecule has 6 heteroatoms. The zero-order chi connectivity index (χ0) is 13.2. The maximum Gasteiger partial charge on any atom is 0.222 e. The molecular formula is C12H22N4O2. The van der Waals surface area contributed by atoms with Gasteiger partial charge in [0.1, 0.15) is 0 Å². The average Bonchev–Trinajstić information content (AvgIpc) is 2.90. The third kappa shape index (κ3) is 2.81. The van der Waals surface area contributed by atoms with Crippen LogP contribution in [0.25, 0.3) is 0 Å². The fourth-order valence-electron chi connectivity index (χ4n) is 2.68. The van der Waals surface area contributed by atoms with E-state index in [2.05, 4.69) is 0 Å². The first-order valence-corrected chi connectivity index (χ1v) is 6.59. The minimum atomic E-state index is -0.681. The Morgan fingerprint density at radius 2 is 1.44 bits per heavy atom. The van der Waals surface area contributed by atoms with Crippen molar-refractivity contribution in [2.45, 2.75) is 31.2 Å². The summed E-state index contributed by atoms with van der Waals surface area (Å²) in [6.45, 7) is 2.69. The molecule has 0 aromatic heterocycles. The molecular weight excluding hydrogens is 232 g/mol. The van der Waals surface area contributed by atoms with E-state index in [1.54, 1.807) is 9.80 Å². The minimum Gasteiger partial charge on any atom is -0.341 e. The zero-order valence-corrected chi connectivity index (χ0v) is 10.7. The van der Waals surface area contributed by atoms with Gasteiger partial charge in [-0.25, -0.2) is 0 Å². The lowest BCUT2D eigenvalue weighted by Gasteiger charge is -2.35. The number of rotatable bonds is 5. The molecule has 2 rings (SSSR count). The molecule has 0 aromatic rings. The largest absolute Gasteiger partial charge is 0.341 e. The number of nitrogens with zero attached hydrogens (tertiary/aromatic N) is 2. The molecule has 18 heavy (non-hydrogen) atoms. The smallest absolute Gasteiger partial charge is 0.222 e. The van der Waals surface area contributed by atoms with E-state index in [-0.39, 0.29) is 18.4 Å². The van der Waals surface area contributed by atoms with Crippen LogP contribution in [-0.4, -0.2) is 59.9 Å². The summed E-state index contributed by atoms with van der Waals surface area (Å²) in [4.78, 5) is 26.8. The predicted octanol–water partition coefficient (Wildman–Crippen LogP) is -1.11. The van der Waals surface area contributed by atoms with E-state index in [0.717, 1.165) is 25.9 Å². The summed E-state index contributed by atoms with van der Waals surface area (Å²) in [7, 11) is 0. The first-order chi connectivity index (χ1) is 8.54. The molecule has 2 amide bonds. The lowest BCUT2D eigenvalue weighted by atomic mass is 9.99. The fraction of sp³-hybridized carbons (Fsp3) is 0.833. The SMILES string of the molecule is NCC(N)(CN1CCCC1=O)CN1CCCC1=O. The molecule has 6 nitrogen and oxygen atoms in total. The molecule has 0 aliphatic carbocycles. The van der Waals surface area contributed by atoms with Crippen molar-refractivity contribution in [2.24, 2.45) is 11.5 Å². The molecule has 2 fully saturated rings. The summed E-state index contributed by atoms with van der Waals surface area (Å²) in [5.74, 6) is 0.289. The Morgan fingerprint density at radius 1 is 1.00 bits per heavy atom. The minimum absolute atomic E-state index is 0.144. The Bertz CT molecular complexity index is 317. The summed E-state index contributed by atoms with van der Waals surface area (Å²) in [5, 5.41) is 0. The van der Waals surface area contributed by atoms with Crippen LogP contribution in [0.15, 0.2) is 0 Å². The molecule has 0 spiro atoms. The van der Waals surface area contributed by atoms with Crippen LogP contribution in [-0.2, 0) is 9.59 Å². The van der Waals surface area contributed by atoms with Crippen LogP contribution in [0.2, 0.25) is 0 Å². The van der Waals surface area contributed by atoms with E-state index in [0.29, 0.717) is 25.9 Å². The van der Waals surface area contributed by atoms with Crippen molar-refractivity contribution in [3.05, 3.63) is 0 Å². The second kappa shape index (κ2) is 5.24. The van der Waals surface area contributed by atoms with Crippen LogP contribution < -0.4 is 11.5 Å². The van der Waals surface area contributed by atoms with Gasteiger partial charge >= 0.3 is 0 Å². The second-order valence-electron chi connectivity index (χ2n) is 5.40. The van der Waals surface area contributed by atoms with E-state index >= 15 is 0 Å². The van der Waals surface area contributed by atoms with Crippen LogP contribution >= 0.6 is 0 Å². The molecule has 4 N–H and O–H groups in total. The van der Waals surface area contributed by atoms with E-state index in [4.69, 9.17) is 11.5 Å². The first kappa shape index (κ1) is 13.3. The third-order valence-corrected chi connectivity index (χ3v) is 3.76. The van der Waals surface area contributed by atoms with Gasteiger partial charge in [0.15, 0.2) is 0 Å². The summed E-state index contributed by atoms with van der Waals surface area (Å²) in [6.07, 6.45) is 2.98. The number of amides is 2. The monoisotopic (exact) mass is 254 g/mol. The third-order valence-electron chi connectivity index (χ3n) is 3.76. The van der Waals surface area contributed by atoms with Crippen molar-refractivity contribution < 1.29 is 9.59 Å². The molecule has 0 bridgehead atoms.